The Kier molecular flexibility index (Phi) is 6.18. The van der Waals surface area contributed by atoms with Gasteiger partial charge in [0.25, 0.3) is 0 Å². The highest BCUT2D eigenvalue weighted by molar-refractivity contribution is 5.72. The minimum atomic E-state index is -0.155. The summed E-state index contributed by atoms with van der Waals surface area (Å²) in [5.41, 5.74) is 0. The predicted molar refractivity (Wildman–Crippen MR) is 48.5 cm³/mol. The second kappa shape index (κ2) is 6.72. The molecule has 0 amide bonds. The third-order valence-electron chi connectivity index (χ3n) is 1.62. The van der Waals surface area contributed by atoms with E-state index in [0.717, 1.165) is 12.8 Å². The van der Waals surface area contributed by atoms with Crippen LogP contribution in [0.25, 0.3) is 0 Å². The van der Waals surface area contributed by atoms with E-state index in [0.29, 0.717) is 13.0 Å². The number of rotatable bonds is 5. The van der Waals surface area contributed by atoms with Gasteiger partial charge in [0.05, 0.1) is 12.5 Å². The fourth-order valence-corrected chi connectivity index (χ4v) is 1.05. The Labute approximate surface area is 74.3 Å². The van der Waals surface area contributed by atoms with Crippen LogP contribution in [0, 0.1) is 18.3 Å². The van der Waals surface area contributed by atoms with Gasteiger partial charge < -0.3 is 4.74 Å². The monoisotopic (exact) mass is 168 g/mol. The molecule has 0 bridgehead atoms. The van der Waals surface area contributed by atoms with Crippen LogP contribution >= 0.6 is 0 Å². The SMILES string of the molecule is C#CCC(CCC)C(=O)OCC. The largest absolute Gasteiger partial charge is 0.466 e. The standard InChI is InChI=1S/C10H16O2/c1-4-7-9(8-5-2)10(11)12-6-3/h1,9H,5-8H2,2-3H3. The lowest BCUT2D eigenvalue weighted by Crippen LogP contribution is -2.17. The highest BCUT2D eigenvalue weighted by Crippen LogP contribution is 2.12. The van der Waals surface area contributed by atoms with Crippen molar-refractivity contribution in [2.75, 3.05) is 6.61 Å². The second-order valence-corrected chi connectivity index (χ2v) is 2.65. The van der Waals surface area contributed by atoms with E-state index < -0.39 is 0 Å². The van der Waals surface area contributed by atoms with Gasteiger partial charge in [-0.3, -0.25) is 4.79 Å². The third-order valence-corrected chi connectivity index (χ3v) is 1.62. The maximum Gasteiger partial charge on any atom is 0.309 e. The van der Waals surface area contributed by atoms with Crippen LogP contribution in [-0.2, 0) is 9.53 Å². The van der Waals surface area contributed by atoms with Gasteiger partial charge in [-0.05, 0) is 13.3 Å². The van der Waals surface area contributed by atoms with Gasteiger partial charge in [0.1, 0.15) is 0 Å². The van der Waals surface area contributed by atoms with E-state index in [4.69, 9.17) is 11.2 Å². The van der Waals surface area contributed by atoms with Crippen LogP contribution in [0.2, 0.25) is 0 Å². The molecule has 0 saturated carbocycles. The van der Waals surface area contributed by atoms with Crippen molar-refractivity contribution in [3.8, 4) is 12.3 Å². The summed E-state index contributed by atoms with van der Waals surface area (Å²) < 4.78 is 4.87. The summed E-state index contributed by atoms with van der Waals surface area (Å²) in [6.07, 6.45) is 7.41. The molecule has 1 unspecified atom stereocenters. The van der Waals surface area contributed by atoms with Gasteiger partial charge in [-0.25, -0.2) is 0 Å². The van der Waals surface area contributed by atoms with Crippen LogP contribution in [0.5, 0.6) is 0 Å². The first-order valence-corrected chi connectivity index (χ1v) is 4.36. The summed E-state index contributed by atoms with van der Waals surface area (Å²) in [6.45, 7) is 4.27. The molecule has 0 fully saturated rings. The highest BCUT2D eigenvalue weighted by Gasteiger charge is 2.16. The summed E-state index contributed by atoms with van der Waals surface area (Å²) in [5.74, 6) is 2.24. The van der Waals surface area contributed by atoms with Crippen LogP contribution in [0.4, 0.5) is 0 Å². The van der Waals surface area contributed by atoms with Crippen LogP contribution in [-0.4, -0.2) is 12.6 Å². The Morgan fingerprint density at radius 2 is 2.25 bits per heavy atom. The molecule has 0 N–H and O–H groups in total. The molecule has 0 aliphatic rings. The summed E-state index contributed by atoms with van der Waals surface area (Å²) in [5, 5.41) is 0. The molecule has 1 atom stereocenters. The van der Waals surface area contributed by atoms with Gasteiger partial charge in [-0.1, -0.05) is 13.3 Å². The molecular weight excluding hydrogens is 152 g/mol. The first-order valence-electron chi connectivity index (χ1n) is 4.36. The normalized spacial score (nSPS) is 11.8. The number of esters is 1. The molecule has 0 radical (unpaired) electrons. The second-order valence-electron chi connectivity index (χ2n) is 2.65. The molecule has 0 aromatic heterocycles. The van der Waals surface area contributed by atoms with E-state index in [1.165, 1.54) is 0 Å². The lowest BCUT2D eigenvalue weighted by molar-refractivity contribution is -0.148. The Morgan fingerprint density at radius 3 is 2.67 bits per heavy atom. The van der Waals surface area contributed by atoms with E-state index >= 15 is 0 Å². The Balaban J connectivity index is 3.92. The van der Waals surface area contributed by atoms with Gasteiger partial charge in [-0.15, -0.1) is 12.3 Å². The maximum atomic E-state index is 11.2. The van der Waals surface area contributed by atoms with Crippen molar-refractivity contribution in [3.63, 3.8) is 0 Å². The smallest absolute Gasteiger partial charge is 0.309 e. The number of hydrogen-bond acceptors (Lipinski definition) is 2. The Bertz CT molecular complexity index is 167. The van der Waals surface area contributed by atoms with Gasteiger partial charge in [-0.2, -0.15) is 0 Å². The first kappa shape index (κ1) is 11.0. The van der Waals surface area contributed by atoms with Crippen LogP contribution < -0.4 is 0 Å². The fraction of sp³-hybridized carbons (Fsp3) is 0.700. The maximum absolute atomic E-state index is 11.2. The molecule has 0 aromatic rings. The fourth-order valence-electron chi connectivity index (χ4n) is 1.05. The van der Waals surface area contributed by atoms with Crippen molar-refractivity contribution in [2.45, 2.75) is 33.1 Å². The number of terminal acetylenes is 1. The van der Waals surface area contributed by atoms with E-state index in [2.05, 4.69) is 5.92 Å². The van der Waals surface area contributed by atoms with Crippen molar-refractivity contribution < 1.29 is 9.53 Å². The molecule has 0 rings (SSSR count). The zero-order valence-corrected chi connectivity index (χ0v) is 7.80. The van der Waals surface area contributed by atoms with Crippen molar-refractivity contribution in [3.05, 3.63) is 0 Å². The predicted octanol–water partition coefficient (Wildman–Crippen LogP) is 1.99. The molecule has 0 aromatic carbocycles. The Morgan fingerprint density at radius 1 is 1.58 bits per heavy atom. The summed E-state index contributed by atoms with van der Waals surface area (Å²) in [7, 11) is 0. The molecule has 0 aliphatic heterocycles. The average Bonchev–Trinajstić information content (AvgIpc) is 2.04. The molecule has 2 heteroatoms. The molecule has 12 heavy (non-hydrogen) atoms. The Hall–Kier alpha value is -0.970. The molecule has 68 valence electrons. The average molecular weight is 168 g/mol. The van der Waals surface area contributed by atoms with Crippen LogP contribution in [0.1, 0.15) is 33.1 Å². The van der Waals surface area contributed by atoms with Gasteiger partial charge in [0.15, 0.2) is 0 Å². The summed E-state index contributed by atoms with van der Waals surface area (Å²) >= 11 is 0. The lowest BCUT2D eigenvalue weighted by Gasteiger charge is -2.10. The summed E-state index contributed by atoms with van der Waals surface area (Å²) in [4.78, 5) is 11.2. The van der Waals surface area contributed by atoms with Gasteiger partial charge in [0.2, 0.25) is 0 Å². The van der Waals surface area contributed by atoms with Crippen LogP contribution in [0.3, 0.4) is 0 Å². The van der Waals surface area contributed by atoms with E-state index in [1.54, 1.807) is 6.92 Å². The number of hydrogen-bond donors (Lipinski definition) is 0. The van der Waals surface area contributed by atoms with E-state index in [-0.39, 0.29) is 11.9 Å². The quantitative estimate of drug-likeness (QED) is 0.463. The molecule has 0 spiro atoms. The molecule has 0 saturated heterocycles. The topological polar surface area (TPSA) is 26.3 Å². The third kappa shape index (κ3) is 4.02. The first-order chi connectivity index (χ1) is 5.76. The van der Waals surface area contributed by atoms with Crippen molar-refractivity contribution in [2.24, 2.45) is 5.92 Å². The number of carbonyl (C=O) groups is 1. The zero-order valence-electron chi connectivity index (χ0n) is 7.80. The highest BCUT2D eigenvalue weighted by atomic mass is 16.5. The molecule has 0 heterocycles. The number of carbonyl (C=O) groups excluding carboxylic acids is 1. The van der Waals surface area contributed by atoms with E-state index in [9.17, 15) is 4.79 Å². The van der Waals surface area contributed by atoms with Crippen molar-refractivity contribution in [1.29, 1.82) is 0 Å². The molecule has 0 aliphatic carbocycles. The van der Waals surface area contributed by atoms with E-state index in [1.807, 2.05) is 6.92 Å². The minimum absolute atomic E-state index is 0.0973. The minimum Gasteiger partial charge on any atom is -0.466 e. The molecular formula is C10H16O2. The van der Waals surface area contributed by atoms with Gasteiger partial charge in [0, 0.05) is 6.42 Å². The van der Waals surface area contributed by atoms with Gasteiger partial charge >= 0.3 is 5.97 Å². The zero-order chi connectivity index (χ0) is 9.40. The molecule has 2 nitrogen and oxygen atoms in total. The van der Waals surface area contributed by atoms with Crippen LogP contribution in [0.15, 0.2) is 0 Å². The summed E-state index contributed by atoms with van der Waals surface area (Å²) in [6, 6.07) is 0. The van der Waals surface area contributed by atoms with Crippen molar-refractivity contribution in [1.82, 2.24) is 0 Å². The number of ether oxygens (including phenoxy) is 1. The lowest BCUT2D eigenvalue weighted by atomic mass is 10.0. The van der Waals surface area contributed by atoms with Crippen molar-refractivity contribution >= 4 is 5.97 Å².